The van der Waals surface area contributed by atoms with Gasteiger partial charge < -0.3 is 15.6 Å². The molecule has 0 radical (unpaired) electrons. The minimum Gasteiger partial charge on any atom is -0.361 e. The number of hydrogen-bond donors (Lipinski definition) is 3. The van der Waals surface area contributed by atoms with E-state index in [2.05, 4.69) is 34.7 Å². The number of aryl methyl sites for hydroxylation is 3. The topological polar surface area (TPSA) is 74.0 Å². The largest absolute Gasteiger partial charge is 0.361 e. The van der Waals surface area contributed by atoms with E-state index in [0.717, 1.165) is 28.6 Å². The van der Waals surface area contributed by atoms with E-state index in [1.54, 1.807) is 6.92 Å². The number of carbonyl (C=O) groups excluding carboxylic acids is 2. The Bertz CT molecular complexity index is 995. The van der Waals surface area contributed by atoms with Crippen LogP contribution in [0.5, 0.6) is 0 Å². The van der Waals surface area contributed by atoms with Gasteiger partial charge in [-0.15, -0.1) is 0 Å². The van der Waals surface area contributed by atoms with Gasteiger partial charge in [0.1, 0.15) is 0 Å². The average Bonchev–Trinajstić information content (AvgIpc) is 2.98. The molecule has 0 saturated carbocycles. The first-order valence-electron chi connectivity index (χ1n) is 9.09. The highest BCUT2D eigenvalue weighted by molar-refractivity contribution is 5.98. The fourth-order valence-corrected chi connectivity index (χ4v) is 3.73. The van der Waals surface area contributed by atoms with E-state index in [9.17, 15) is 9.59 Å². The van der Waals surface area contributed by atoms with E-state index in [1.807, 2.05) is 38.2 Å². The fourth-order valence-electron chi connectivity index (χ4n) is 3.73. The lowest BCUT2D eigenvalue weighted by atomic mass is 9.99. The van der Waals surface area contributed by atoms with Crippen LogP contribution >= 0.6 is 0 Å². The van der Waals surface area contributed by atoms with Crippen LogP contribution in [0.2, 0.25) is 0 Å². The van der Waals surface area contributed by atoms with E-state index < -0.39 is 0 Å². The minimum atomic E-state index is -0.249. The summed E-state index contributed by atoms with van der Waals surface area (Å²) in [5.74, 6) is 0.0371. The Morgan fingerprint density at radius 2 is 1.74 bits per heavy atom. The van der Waals surface area contributed by atoms with Crippen molar-refractivity contribution in [1.29, 1.82) is 0 Å². The van der Waals surface area contributed by atoms with E-state index >= 15 is 0 Å². The van der Waals surface area contributed by atoms with Crippen molar-refractivity contribution < 1.29 is 9.59 Å². The van der Waals surface area contributed by atoms with Crippen LogP contribution < -0.4 is 10.6 Å². The molecule has 0 aliphatic heterocycles. The maximum Gasteiger partial charge on any atom is 0.319 e. The monoisotopic (exact) mass is 363 g/mol. The lowest BCUT2D eigenvalue weighted by Gasteiger charge is -2.12. The molecule has 2 aromatic carbocycles. The Morgan fingerprint density at radius 1 is 1.04 bits per heavy atom. The molecule has 5 nitrogen and oxygen atoms in total. The Kier molecular flexibility index (Phi) is 5.31. The number of fused-ring (bicyclic) bond motifs is 1. The number of H-pyrrole nitrogens is 1. The molecule has 0 spiro atoms. The molecule has 140 valence electrons. The Morgan fingerprint density at radius 3 is 2.41 bits per heavy atom. The number of aromatic amines is 1. The molecule has 3 rings (SSSR count). The predicted molar refractivity (Wildman–Crippen MR) is 110 cm³/mol. The summed E-state index contributed by atoms with van der Waals surface area (Å²) in [6, 6.07) is 9.58. The highest BCUT2D eigenvalue weighted by atomic mass is 16.2. The summed E-state index contributed by atoms with van der Waals surface area (Å²) in [4.78, 5) is 27.2. The highest BCUT2D eigenvalue weighted by Crippen LogP contribution is 2.22. The van der Waals surface area contributed by atoms with Gasteiger partial charge in [-0.25, -0.2) is 4.79 Å². The molecule has 27 heavy (non-hydrogen) atoms. The molecule has 0 saturated heterocycles. The van der Waals surface area contributed by atoms with Crippen LogP contribution in [0.15, 0.2) is 36.5 Å². The number of carbonyl (C=O) groups is 2. The van der Waals surface area contributed by atoms with Gasteiger partial charge in [-0.1, -0.05) is 12.1 Å². The van der Waals surface area contributed by atoms with Gasteiger partial charge in [0.2, 0.25) is 0 Å². The van der Waals surface area contributed by atoms with Gasteiger partial charge in [0, 0.05) is 34.9 Å². The fraction of sp³-hybridized carbons (Fsp3) is 0.273. The number of Topliss-reactive ketones (excluding diaryl/α,β-unsaturated/α-hetero) is 1. The first-order chi connectivity index (χ1) is 12.9. The molecular weight excluding hydrogens is 338 g/mol. The van der Waals surface area contributed by atoms with Gasteiger partial charge in [-0.2, -0.15) is 0 Å². The van der Waals surface area contributed by atoms with Crippen molar-refractivity contribution in [3.8, 4) is 0 Å². The number of aromatic nitrogens is 1. The summed E-state index contributed by atoms with van der Waals surface area (Å²) in [5, 5.41) is 6.98. The molecule has 5 heteroatoms. The van der Waals surface area contributed by atoms with Crippen LogP contribution in [-0.4, -0.2) is 23.3 Å². The molecule has 0 fully saturated rings. The third-order valence-electron chi connectivity index (χ3n) is 4.82. The first kappa shape index (κ1) is 18.7. The molecule has 0 bridgehead atoms. The normalized spacial score (nSPS) is 10.8. The second-order valence-electron chi connectivity index (χ2n) is 6.98. The van der Waals surface area contributed by atoms with Crippen molar-refractivity contribution in [2.24, 2.45) is 0 Å². The lowest BCUT2D eigenvalue weighted by molar-refractivity contribution is 0.101. The quantitative estimate of drug-likeness (QED) is 0.577. The molecular formula is C22H25N3O2. The first-order valence-corrected chi connectivity index (χ1v) is 9.09. The van der Waals surface area contributed by atoms with Crippen LogP contribution in [-0.2, 0) is 6.42 Å². The number of rotatable bonds is 5. The zero-order valence-corrected chi connectivity index (χ0v) is 16.2. The smallest absolute Gasteiger partial charge is 0.319 e. The van der Waals surface area contributed by atoms with Crippen LogP contribution in [0.1, 0.15) is 39.5 Å². The van der Waals surface area contributed by atoms with Crippen molar-refractivity contribution in [3.63, 3.8) is 0 Å². The summed E-state index contributed by atoms with van der Waals surface area (Å²) >= 11 is 0. The third kappa shape index (κ3) is 4.03. The Hall–Kier alpha value is -3.08. The second-order valence-corrected chi connectivity index (χ2v) is 6.98. The number of anilines is 1. The summed E-state index contributed by atoms with van der Waals surface area (Å²) in [7, 11) is 0. The number of benzene rings is 2. The molecule has 2 amide bonds. The number of nitrogens with one attached hydrogen (secondary N) is 3. The zero-order valence-electron chi connectivity index (χ0n) is 16.2. The molecule has 3 N–H and O–H groups in total. The van der Waals surface area contributed by atoms with Crippen molar-refractivity contribution in [3.05, 3.63) is 64.3 Å². The lowest BCUT2D eigenvalue weighted by Crippen LogP contribution is -2.30. The van der Waals surface area contributed by atoms with Crippen molar-refractivity contribution in [1.82, 2.24) is 10.3 Å². The average molecular weight is 363 g/mol. The third-order valence-corrected chi connectivity index (χ3v) is 4.82. The van der Waals surface area contributed by atoms with E-state index in [-0.39, 0.29) is 11.8 Å². The zero-order chi connectivity index (χ0) is 19.6. The molecule has 0 unspecified atom stereocenters. The number of hydrogen-bond acceptors (Lipinski definition) is 2. The molecule has 0 aliphatic carbocycles. The highest BCUT2D eigenvalue weighted by Gasteiger charge is 2.11. The number of ketones is 1. The maximum atomic E-state index is 12.2. The van der Waals surface area contributed by atoms with Crippen LogP contribution in [0, 0.1) is 20.8 Å². The number of urea groups is 1. The Balaban J connectivity index is 1.61. The van der Waals surface area contributed by atoms with Gasteiger partial charge in [0.25, 0.3) is 0 Å². The molecule has 0 atom stereocenters. The number of amides is 2. The van der Waals surface area contributed by atoms with Gasteiger partial charge in [0.05, 0.1) is 0 Å². The van der Waals surface area contributed by atoms with Gasteiger partial charge in [0.15, 0.2) is 5.78 Å². The van der Waals surface area contributed by atoms with Crippen molar-refractivity contribution in [2.75, 3.05) is 11.9 Å². The summed E-state index contributed by atoms with van der Waals surface area (Å²) in [6.45, 7) is 7.95. The van der Waals surface area contributed by atoms with Crippen LogP contribution in [0.4, 0.5) is 10.5 Å². The Labute approximate surface area is 159 Å². The van der Waals surface area contributed by atoms with Gasteiger partial charge in [-0.05, 0) is 74.6 Å². The summed E-state index contributed by atoms with van der Waals surface area (Å²) in [5.41, 5.74) is 6.68. The van der Waals surface area contributed by atoms with Crippen molar-refractivity contribution >= 4 is 28.4 Å². The summed E-state index contributed by atoms with van der Waals surface area (Å²) in [6.07, 6.45) is 2.75. The second kappa shape index (κ2) is 7.66. The SMILES string of the molecule is CC(=O)c1c(C)cc(NC(=O)NCCc2c[nH]c3cccc(C)c23)cc1C. The molecule has 0 aliphatic rings. The molecule has 1 aromatic heterocycles. The maximum absolute atomic E-state index is 12.2. The van der Waals surface area contributed by atoms with Crippen LogP contribution in [0.25, 0.3) is 10.9 Å². The van der Waals surface area contributed by atoms with Crippen LogP contribution in [0.3, 0.4) is 0 Å². The van der Waals surface area contributed by atoms with E-state index in [4.69, 9.17) is 0 Å². The van der Waals surface area contributed by atoms with Crippen molar-refractivity contribution in [2.45, 2.75) is 34.1 Å². The predicted octanol–water partition coefficient (Wildman–Crippen LogP) is 4.66. The minimum absolute atomic E-state index is 0.0371. The standard InChI is InChI=1S/C22H25N3O2/c1-13-6-5-7-19-21(13)17(12-24-19)8-9-23-22(27)25-18-10-14(2)20(16(4)26)15(3)11-18/h5-7,10-12,24H,8-9H2,1-4H3,(H2,23,25,27). The summed E-state index contributed by atoms with van der Waals surface area (Å²) < 4.78 is 0. The van der Waals surface area contributed by atoms with Gasteiger partial charge in [-0.3, -0.25) is 4.79 Å². The van der Waals surface area contributed by atoms with Gasteiger partial charge >= 0.3 is 6.03 Å². The van der Waals surface area contributed by atoms with E-state index in [0.29, 0.717) is 12.2 Å². The van der Waals surface area contributed by atoms with E-state index in [1.165, 1.54) is 16.5 Å². The molecule has 1 heterocycles. The molecule has 3 aromatic rings.